The Hall–Kier alpha value is -0.560. The lowest BCUT2D eigenvalue weighted by atomic mass is 9.98. The van der Waals surface area contributed by atoms with E-state index in [1.807, 2.05) is 0 Å². The molecule has 0 aromatic rings. The van der Waals surface area contributed by atoms with E-state index in [-0.39, 0.29) is 0 Å². The summed E-state index contributed by atoms with van der Waals surface area (Å²) in [5.74, 6) is 2.40. The van der Waals surface area contributed by atoms with Gasteiger partial charge in [-0.25, -0.2) is 0 Å². The molecule has 0 unspecified atom stereocenters. The smallest absolute Gasteiger partial charge is 0.159 e. The Morgan fingerprint density at radius 1 is 1.50 bits per heavy atom. The van der Waals surface area contributed by atoms with Gasteiger partial charge in [0.25, 0.3) is 0 Å². The SMILES string of the molecule is C#CC[C@](C)(O)CC(OC)OC. The summed E-state index contributed by atoms with van der Waals surface area (Å²) in [5.41, 5.74) is -0.911. The summed E-state index contributed by atoms with van der Waals surface area (Å²) >= 11 is 0. The molecule has 0 radical (unpaired) electrons. The van der Waals surface area contributed by atoms with Gasteiger partial charge in [0.1, 0.15) is 0 Å². The van der Waals surface area contributed by atoms with Gasteiger partial charge >= 0.3 is 0 Å². The number of ether oxygens (including phenoxy) is 2. The molecule has 0 saturated carbocycles. The van der Waals surface area contributed by atoms with Crippen LogP contribution in [0.15, 0.2) is 0 Å². The molecule has 12 heavy (non-hydrogen) atoms. The first kappa shape index (κ1) is 11.4. The van der Waals surface area contributed by atoms with Crippen molar-refractivity contribution in [2.24, 2.45) is 0 Å². The maximum atomic E-state index is 9.64. The van der Waals surface area contributed by atoms with Gasteiger partial charge in [-0.3, -0.25) is 0 Å². The molecule has 0 aliphatic rings. The van der Waals surface area contributed by atoms with Gasteiger partial charge in [-0.05, 0) is 6.92 Å². The first-order valence-electron chi connectivity index (χ1n) is 3.77. The van der Waals surface area contributed by atoms with Gasteiger partial charge in [0.2, 0.25) is 0 Å². The lowest BCUT2D eigenvalue weighted by Gasteiger charge is -2.24. The van der Waals surface area contributed by atoms with Crippen molar-refractivity contribution in [1.29, 1.82) is 0 Å². The van der Waals surface area contributed by atoms with E-state index in [4.69, 9.17) is 15.9 Å². The third-order valence-corrected chi connectivity index (χ3v) is 1.62. The standard InChI is InChI=1S/C9H16O3/c1-5-6-9(2,10)7-8(11-3)12-4/h1,8,10H,6-7H2,2-4H3/t9-/m0/s1. The summed E-state index contributed by atoms with van der Waals surface area (Å²) in [6.07, 6.45) is 5.37. The average Bonchev–Trinajstić information content (AvgIpc) is 2.00. The summed E-state index contributed by atoms with van der Waals surface area (Å²) in [4.78, 5) is 0. The topological polar surface area (TPSA) is 38.7 Å². The molecular weight excluding hydrogens is 156 g/mol. The fraction of sp³-hybridized carbons (Fsp3) is 0.778. The molecule has 3 heteroatoms. The third kappa shape index (κ3) is 4.35. The van der Waals surface area contributed by atoms with Crippen molar-refractivity contribution in [1.82, 2.24) is 0 Å². The highest BCUT2D eigenvalue weighted by Gasteiger charge is 2.24. The summed E-state index contributed by atoms with van der Waals surface area (Å²) in [5, 5.41) is 9.64. The molecule has 70 valence electrons. The van der Waals surface area contributed by atoms with Crippen LogP contribution in [-0.4, -0.2) is 31.2 Å². The first-order chi connectivity index (χ1) is 5.55. The van der Waals surface area contributed by atoms with Crippen molar-refractivity contribution < 1.29 is 14.6 Å². The predicted molar refractivity (Wildman–Crippen MR) is 46.5 cm³/mol. The molecule has 0 fully saturated rings. The highest BCUT2D eigenvalue weighted by Crippen LogP contribution is 2.17. The summed E-state index contributed by atoms with van der Waals surface area (Å²) in [6.45, 7) is 1.66. The quantitative estimate of drug-likeness (QED) is 0.491. The molecule has 1 N–H and O–H groups in total. The van der Waals surface area contributed by atoms with Gasteiger partial charge in [-0.1, -0.05) is 0 Å². The summed E-state index contributed by atoms with van der Waals surface area (Å²) in [7, 11) is 3.06. The van der Waals surface area contributed by atoms with Crippen molar-refractivity contribution in [3.8, 4) is 12.3 Å². The monoisotopic (exact) mass is 172 g/mol. The molecule has 0 aromatic carbocycles. The molecule has 1 atom stereocenters. The number of terminal acetylenes is 1. The van der Waals surface area contributed by atoms with E-state index >= 15 is 0 Å². The molecule has 0 aliphatic carbocycles. The summed E-state index contributed by atoms with van der Waals surface area (Å²) in [6, 6.07) is 0. The van der Waals surface area contributed by atoms with E-state index in [9.17, 15) is 5.11 Å². The first-order valence-corrected chi connectivity index (χ1v) is 3.77. The Labute approximate surface area is 73.7 Å². The Balaban J connectivity index is 3.95. The van der Waals surface area contributed by atoms with E-state index in [1.165, 1.54) is 14.2 Å². The molecule has 0 saturated heterocycles. The van der Waals surface area contributed by atoms with Crippen LogP contribution in [-0.2, 0) is 9.47 Å². The normalized spacial score (nSPS) is 15.7. The molecule has 0 heterocycles. The van der Waals surface area contributed by atoms with Crippen molar-refractivity contribution in [3.63, 3.8) is 0 Å². The Morgan fingerprint density at radius 2 is 2.00 bits per heavy atom. The number of aliphatic hydroxyl groups is 1. The van der Waals surface area contributed by atoms with Gasteiger partial charge in [-0.2, -0.15) is 0 Å². The van der Waals surface area contributed by atoms with Gasteiger partial charge in [0.05, 0.1) is 5.60 Å². The number of methoxy groups -OCH3 is 2. The molecule has 3 nitrogen and oxygen atoms in total. The fourth-order valence-corrected chi connectivity index (χ4v) is 0.914. The van der Waals surface area contributed by atoms with Crippen molar-refractivity contribution >= 4 is 0 Å². The van der Waals surface area contributed by atoms with Crippen LogP contribution in [0.3, 0.4) is 0 Å². The van der Waals surface area contributed by atoms with E-state index in [0.29, 0.717) is 12.8 Å². The van der Waals surface area contributed by atoms with Crippen LogP contribution < -0.4 is 0 Å². The van der Waals surface area contributed by atoms with E-state index in [1.54, 1.807) is 6.92 Å². The second-order valence-electron chi connectivity index (χ2n) is 2.98. The van der Waals surface area contributed by atoms with Gasteiger partial charge in [0.15, 0.2) is 6.29 Å². The van der Waals surface area contributed by atoms with Gasteiger partial charge in [-0.15, -0.1) is 12.3 Å². The summed E-state index contributed by atoms with van der Waals surface area (Å²) < 4.78 is 9.86. The van der Waals surface area contributed by atoms with Crippen molar-refractivity contribution in [2.45, 2.75) is 31.7 Å². The fourth-order valence-electron chi connectivity index (χ4n) is 0.914. The van der Waals surface area contributed by atoms with Crippen LogP contribution >= 0.6 is 0 Å². The van der Waals surface area contributed by atoms with Crippen molar-refractivity contribution in [2.75, 3.05) is 14.2 Å². The van der Waals surface area contributed by atoms with Crippen LogP contribution in [0.25, 0.3) is 0 Å². The third-order valence-electron chi connectivity index (χ3n) is 1.62. The van der Waals surface area contributed by atoms with Crippen LogP contribution in [0.2, 0.25) is 0 Å². The maximum Gasteiger partial charge on any atom is 0.159 e. The van der Waals surface area contributed by atoms with Crippen LogP contribution in [0.1, 0.15) is 19.8 Å². The van der Waals surface area contributed by atoms with E-state index in [0.717, 1.165) is 0 Å². The highest BCUT2D eigenvalue weighted by atomic mass is 16.7. The predicted octanol–water partition coefficient (Wildman–Crippen LogP) is 0.770. The zero-order chi connectivity index (χ0) is 9.61. The number of rotatable bonds is 5. The molecule has 0 aliphatic heterocycles. The number of hydrogen-bond donors (Lipinski definition) is 1. The minimum absolute atomic E-state index is 0.302. The molecule has 0 spiro atoms. The molecule has 0 aromatic heterocycles. The van der Waals surface area contributed by atoms with Gasteiger partial charge in [0, 0.05) is 27.1 Å². The minimum Gasteiger partial charge on any atom is -0.389 e. The van der Waals surface area contributed by atoms with Crippen molar-refractivity contribution in [3.05, 3.63) is 0 Å². The lowest BCUT2D eigenvalue weighted by molar-refractivity contribution is -0.139. The Kier molecular flexibility index (Phi) is 4.91. The largest absolute Gasteiger partial charge is 0.389 e. The van der Waals surface area contributed by atoms with Crippen LogP contribution in [0.4, 0.5) is 0 Å². The average molecular weight is 172 g/mol. The number of hydrogen-bond acceptors (Lipinski definition) is 3. The van der Waals surface area contributed by atoms with E-state index in [2.05, 4.69) is 5.92 Å². The van der Waals surface area contributed by atoms with Gasteiger partial charge < -0.3 is 14.6 Å². The second kappa shape index (κ2) is 5.15. The zero-order valence-corrected chi connectivity index (χ0v) is 7.83. The Morgan fingerprint density at radius 3 is 2.33 bits per heavy atom. The van der Waals surface area contributed by atoms with Crippen LogP contribution in [0.5, 0.6) is 0 Å². The zero-order valence-electron chi connectivity index (χ0n) is 7.83. The second-order valence-corrected chi connectivity index (χ2v) is 2.98. The highest BCUT2D eigenvalue weighted by molar-refractivity contribution is 4.93. The van der Waals surface area contributed by atoms with Crippen LogP contribution in [0, 0.1) is 12.3 Å². The molecule has 0 amide bonds. The van der Waals surface area contributed by atoms with E-state index < -0.39 is 11.9 Å². The maximum absolute atomic E-state index is 9.64. The molecule has 0 bridgehead atoms. The molecule has 0 rings (SSSR count). The minimum atomic E-state index is -0.911. The molecular formula is C9H16O3. The Bertz CT molecular complexity index is 154. The lowest BCUT2D eigenvalue weighted by Crippen LogP contribution is -2.31.